The molecular formula is C17H22ClN3O. The molecule has 118 valence electrons. The van der Waals surface area contributed by atoms with Crippen molar-refractivity contribution in [2.75, 3.05) is 23.7 Å². The number of rotatable bonds is 7. The van der Waals surface area contributed by atoms with Gasteiger partial charge in [0, 0.05) is 37.9 Å². The van der Waals surface area contributed by atoms with Crippen LogP contribution in [0.2, 0.25) is 0 Å². The van der Waals surface area contributed by atoms with Crippen LogP contribution in [0.25, 0.3) is 0 Å². The van der Waals surface area contributed by atoms with Crippen LogP contribution in [-0.4, -0.2) is 19.0 Å². The van der Waals surface area contributed by atoms with Gasteiger partial charge in [0.1, 0.15) is 0 Å². The van der Waals surface area contributed by atoms with E-state index in [1.54, 1.807) is 0 Å². The van der Waals surface area contributed by atoms with E-state index < -0.39 is 0 Å². The van der Waals surface area contributed by atoms with Crippen molar-refractivity contribution in [2.45, 2.75) is 13.5 Å². The van der Waals surface area contributed by atoms with E-state index in [1.165, 1.54) is 12.5 Å². The first-order chi connectivity index (χ1) is 10.2. The third-order valence-electron chi connectivity index (χ3n) is 2.99. The van der Waals surface area contributed by atoms with Gasteiger partial charge in [-0.2, -0.15) is 0 Å². The van der Waals surface area contributed by atoms with Crippen molar-refractivity contribution in [3.8, 4) is 0 Å². The SMILES string of the molecule is CC(=O)Nc1cccc(NCCNCc2ccccc2)c1.Cl. The Morgan fingerprint density at radius 1 is 0.955 bits per heavy atom. The highest BCUT2D eigenvalue weighted by Crippen LogP contribution is 2.14. The molecule has 3 N–H and O–H groups in total. The van der Waals surface area contributed by atoms with Crippen LogP contribution in [0.1, 0.15) is 12.5 Å². The standard InChI is InChI=1S/C17H21N3O.ClH/c1-14(21)20-17-9-5-8-16(12-17)19-11-10-18-13-15-6-3-2-4-7-15;/h2-9,12,18-19H,10-11,13H2,1H3,(H,20,21);1H. The second-order valence-electron chi connectivity index (χ2n) is 4.85. The average molecular weight is 320 g/mol. The van der Waals surface area contributed by atoms with E-state index >= 15 is 0 Å². The molecule has 4 nitrogen and oxygen atoms in total. The molecule has 0 aliphatic carbocycles. The largest absolute Gasteiger partial charge is 0.384 e. The van der Waals surface area contributed by atoms with Crippen molar-refractivity contribution in [3.05, 3.63) is 60.2 Å². The van der Waals surface area contributed by atoms with Crippen LogP contribution >= 0.6 is 12.4 Å². The Balaban J connectivity index is 0.00000242. The highest BCUT2D eigenvalue weighted by Gasteiger charge is 1.97. The van der Waals surface area contributed by atoms with E-state index in [0.717, 1.165) is 31.0 Å². The molecule has 2 aromatic carbocycles. The van der Waals surface area contributed by atoms with Gasteiger partial charge in [0.05, 0.1) is 0 Å². The molecule has 0 spiro atoms. The Morgan fingerprint density at radius 2 is 1.68 bits per heavy atom. The van der Waals surface area contributed by atoms with E-state index in [-0.39, 0.29) is 18.3 Å². The third-order valence-corrected chi connectivity index (χ3v) is 2.99. The number of carbonyl (C=O) groups is 1. The summed E-state index contributed by atoms with van der Waals surface area (Å²) >= 11 is 0. The molecule has 0 fully saturated rings. The lowest BCUT2D eigenvalue weighted by molar-refractivity contribution is -0.114. The number of hydrogen-bond donors (Lipinski definition) is 3. The summed E-state index contributed by atoms with van der Waals surface area (Å²) in [6, 6.07) is 18.0. The van der Waals surface area contributed by atoms with E-state index in [9.17, 15) is 4.79 Å². The van der Waals surface area contributed by atoms with E-state index in [2.05, 4.69) is 28.1 Å². The van der Waals surface area contributed by atoms with Crippen molar-refractivity contribution >= 4 is 29.7 Å². The molecule has 2 aromatic rings. The topological polar surface area (TPSA) is 53.2 Å². The van der Waals surface area contributed by atoms with Gasteiger partial charge in [0.25, 0.3) is 0 Å². The van der Waals surface area contributed by atoms with E-state index in [0.29, 0.717) is 0 Å². The number of amides is 1. The number of carbonyl (C=O) groups excluding carboxylic acids is 1. The van der Waals surface area contributed by atoms with Gasteiger partial charge in [-0.25, -0.2) is 0 Å². The van der Waals surface area contributed by atoms with Gasteiger partial charge in [-0.3, -0.25) is 4.79 Å². The Bertz CT molecular complexity index is 575. The molecule has 5 heteroatoms. The Hall–Kier alpha value is -2.04. The second-order valence-corrected chi connectivity index (χ2v) is 4.85. The fraction of sp³-hybridized carbons (Fsp3) is 0.235. The third kappa shape index (κ3) is 6.61. The molecule has 0 aromatic heterocycles. The van der Waals surface area contributed by atoms with Crippen molar-refractivity contribution in [3.63, 3.8) is 0 Å². The summed E-state index contributed by atoms with van der Waals surface area (Å²) in [5.41, 5.74) is 3.10. The fourth-order valence-corrected chi connectivity index (χ4v) is 2.03. The summed E-state index contributed by atoms with van der Waals surface area (Å²) in [5, 5.41) is 9.49. The first-order valence-corrected chi connectivity index (χ1v) is 7.10. The van der Waals surface area contributed by atoms with E-state index in [1.807, 2.05) is 42.5 Å². The van der Waals surface area contributed by atoms with Crippen molar-refractivity contribution < 1.29 is 4.79 Å². The first-order valence-electron chi connectivity index (χ1n) is 7.10. The summed E-state index contributed by atoms with van der Waals surface area (Å²) in [6.45, 7) is 4.08. The van der Waals surface area contributed by atoms with Gasteiger partial charge in [0.2, 0.25) is 5.91 Å². The van der Waals surface area contributed by atoms with Crippen LogP contribution in [0.3, 0.4) is 0 Å². The summed E-state index contributed by atoms with van der Waals surface area (Å²) in [5.74, 6) is -0.0586. The lowest BCUT2D eigenvalue weighted by atomic mass is 10.2. The lowest BCUT2D eigenvalue weighted by Crippen LogP contribution is -2.21. The maximum Gasteiger partial charge on any atom is 0.221 e. The number of halogens is 1. The minimum atomic E-state index is -0.0586. The Labute approximate surface area is 137 Å². The fourth-order valence-electron chi connectivity index (χ4n) is 2.03. The molecule has 0 unspecified atom stereocenters. The van der Waals surface area contributed by atoms with Crippen LogP contribution in [0.15, 0.2) is 54.6 Å². The molecule has 0 radical (unpaired) electrons. The van der Waals surface area contributed by atoms with Crippen LogP contribution < -0.4 is 16.0 Å². The zero-order valence-electron chi connectivity index (χ0n) is 12.6. The molecule has 22 heavy (non-hydrogen) atoms. The molecule has 0 atom stereocenters. The minimum Gasteiger partial charge on any atom is -0.384 e. The molecule has 0 saturated heterocycles. The molecule has 1 amide bonds. The minimum absolute atomic E-state index is 0. The molecular weight excluding hydrogens is 298 g/mol. The highest BCUT2D eigenvalue weighted by atomic mass is 35.5. The average Bonchev–Trinajstić information content (AvgIpc) is 2.48. The summed E-state index contributed by atoms with van der Waals surface area (Å²) < 4.78 is 0. The van der Waals surface area contributed by atoms with Crippen molar-refractivity contribution in [1.29, 1.82) is 0 Å². The molecule has 0 bridgehead atoms. The van der Waals surface area contributed by atoms with Crippen molar-refractivity contribution in [2.24, 2.45) is 0 Å². The van der Waals surface area contributed by atoms with Crippen LogP contribution in [-0.2, 0) is 11.3 Å². The number of nitrogens with one attached hydrogen (secondary N) is 3. The van der Waals surface area contributed by atoms with Gasteiger partial charge in [-0.1, -0.05) is 36.4 Å². The molecule has 0 aliphatic heterocycles. The predicted molar refractivity (Wildman–Crippen MR) is 94.6 cm³/mol. The first kappa shape index (κ1) is 18.0. The molecule has 0 saturated carbocycles. The monoisotopic (exact) mass is 319 g/mol. The normalized spacial score (nSPS) is 9.68. The Kier molecular flexibility index (Phi) is 8.04. The zero-order valence-corrected chi connectivity index (χ0v) is 13.5. The number of benzene rings is 2. The maximum absolute atomic E-state index is 11.0. The van der Waals surface area contributed by atoms with Crippen LogP contribution in [0.5, 0.6) is 0 Å². The molecule has 2 rings (SSSR count). The Morgan fingerprint density at radius 3 is 2.41 bits per heavy atom. The van der Waals surface area contributed by atoms with Gasteiger partial charge < -0.3 is 16.0 Å². The molecule has 0 heterocycles. The van der Waals surface area contributed by atoms with Gasteiger partial charge in [-0.05, 0) is 23.8 Å². The smallest absolute Gasteiger partial charge is 0.221 e. The quantitative estimate of drug-likeness (QED) is 0.687. The van der Waals surface area contributed by atoms with Crippen LogP contribution in [0.4, 0.5) is 11.4 Å². The second kappa shape index (κ2) is 9.82. The molecule has 0 aliphatic rings. The van der Waals surface area contributed by atoms with Gasteiger partial charge >= 0.3 is 0 Å². The van der Waals surface area contributed by atoms with Gasteiger partial charge in [0.15, 0.2) is 0 Å². The van der Waals surface area contributed by atoms with E-state index in [4.69, 9.17) is 0 Å². The zero-order chi connectivity index (χ0) is 14.9. The van der Waals surface area contributed by atoms with Crippen molar-refractivity contribution in [1.82, 2.24) is 5.32 Å². The highest BCUT2D eigenvalue weighted by molar-refractivity contribution is 5.89. The predicted octanol–water partition coefficient (Wildman–Crippen LogP) is 3.27. The number of anilines is 2. The van der Waals surface area contributed by atoms with Crippen LogP contribution in [0, 0.1) is 0 Å². The maximum atomic E-state index is 11.0. The summed E-state index contributed by atoms with van der Waals surface area (Å²) in [7, 11) is 0. The number of hydrogen-bond acceptors (Lipinski definition) is 3. The summed E-state index contributed by atoms with van der Waals surface area (Å²) in [4.78, 5) is 11.0. The lowest BCUT2D eigenvalue weighted by Gasteiger charge is -2.09. The summed E-state index contributed by atoms with van der Waals surface area (Å²) in [6.07, 6.45) is 0. The van der Waals surface area contributed by atoms with Gasteiger partial charge in [-0.15, -0.1) is 12.4 Å².